The van der Waals surface area contributed by atoms with Crippen molar-refractivity contribution in [1.29, 1.82) is 0 Å². The van der Waals surface area contributed by atoms with Crippen LogP contribution in [0, 0.1) is 5.41 Å². The SMILES string of the molecule is CC(C)(C)OC(=O)N1[C@H]2C(=O)C(c3ccccc3)(c3ccccc3)[C@H]2O[C@@H]1C(C)(C)C. The van der Waals surface area contributed by atoms with E-state index >= 15 is 0 Å². The fourth-order valence-electron chi connectivity index (χ4n) is 4.78. The number of carbonyl (C=O) groups is 2. The summed E-state index contributed by atoms with van der Waals surface area (Å²) in [6.45, 7) is 11.5. The fourth-order valence-corrected chi connectivity index (χ4v) is 4.78. The normalized spacial score (nSPS) is 25.0. The molecule has 164 valence electrons. The second kappa shape index (κ2) is 7.20. The van der Waals surface area contributed by atoms with Gasteiger partial charge < -0.3 is 9.47 Å². The number of hydrogen-bond acceptors (Lipinski definition) is 4. The van der Waals surface area contributed by atoms with Gasteiger partial charge in [0.15, 0.2) is 5.78 Å². The van der Waals surface area contributed by atoms with Gasteiger partial charge in [0.25, 0.3) is 0 Å². The van der Waals surface area contributed by atoms with Crippen LogP contribution in [0.4, 0.5) is 4.79 Å². The molecule has 1 aliphatic carbocycles. The van der Waals surface area contributed by atoms with Crippen LogP contribution in [0.25, 0.3) is 0 Å². The molecule has 0 bridgehead atoms. The quantitative estimate of drug-likeness (QED) is 0.690. The van der Waals surface area contributed by atoms with E-state index in [9.17, 15) is 9.59 Å². The first kappa shape index (κ1) is 21.6. The van der Waals surface area contributed by atoms with Crippen LogP contribution in [0.3, 0.4) is 0 Å². The third kappa shape index (κ3) is 3.35. The van der Waals surface area contributed by atoms with Crippen molar-refractivity contribution in [2.45, 2.75) is 70.9 Å². The fraction of sp³-hybridized carbons (Fsp3) is 0.462. The van der Waals surface area contributed by atoms with E-state index in [1.165, 1.54) is 4.90 Å². The van der Waals surface area contributed by atoms with Gasteiger partial charge in [-0.3, -0.25) is 9.69 Å². The van der Waals surface area contributed by atoms with Crippen molar-refractivity contribution in [2.75, 3.05) is 0 Å². The van der Waals surface area contributed by atoms with Gasteiger partial charge >= 0.3 is 6.09 Å². The monoisotopic (exact) mass is 421 g/mol. The second-order valence-electron chi connectivity index (χ2n) is 10.5. The molecule has 2 aromatic rings. The number of fused-ring (bicyclic) bond motifs is 1. The van der Waals surface area contributed by atoms with Crippen molar-refractivity contribution in [1.82, 2.24) is 4.90 Å². The van der Waals surface area contributed by atoms with Crippen LogP contribution < -0.4 is 0 Å². The van der Waals surface area contributed by atoms with Gasteiger partial charge in [-0.2, -0.15) is 0 Å². The molecule has 5 heteroatoms. The summed E-state index contributed by atoms with van der Waals surface area (Å²) < 4.78 is 12.3. The highest BCUT2D eigenvalue weighted by Gasteiger charge is 2.73. The summed E-state index contributed by atoms with van der Waals surface area (Å²) in [5, 5.41) is 0. The van der Waals surface area contributed by atoms with Gasteiger partial charge in [-0.1, -0.05) is 81.4 Å². The van der Waals surface area contributed by atoms with E-state index in [-0.39, 0.29) is 5.78 Å². The van der Waals surface area contributed by atoms with E-state index in [4.69, 9.17) is 9.47 Å². The second-order valence-corrected chi connectivity index (χ2v) is 10.5. The zero-order chi connectivity index (χ0) is 22.6. The Morgan fingerprint density at radius 2 is 1.39 bits per heavy atom. The molecule has 0 N–H and O–H groups in total. The summed E-state index contributed by atoms with van der Waals surface area (Å²) in [4.78, 5) is 28.7. The maximum Gasteiger partial charge on any atom is 0.413 e. The van der Waals surface area contributed by atoms with E-state index in [1.807, 2.05) is 102 Å². The first-order valence-electron chi connectivity index (χ1n) is 10.8. The molecule has 0 unspecified atom stereocenters. The van der Waals surface area contributed by atoms with E-state index in [1.54, 1.807) is 0 Å². The maximum atomic E-state index is 14.0. The van der Waals surface area contributed by atoms with E-state index in [0.29, 0.717) is 0 Å². The summed E-state index contributed by atoms with van der Waals surface area (Å²) in [6, 6.07) is 18.8. The smallest absolute Gasteiger partial charge is 0.413 e. The first-order chi connectivity index (χ1) is 14.5. The van der Waals surface area contributed by atoms with E-state index in [0.717, 1.165) is 11.1 Å². The summed E-state index contributed by atoms with van der Waals surface area (Å²) >= 11 is 0. The highest BCUT2D eigenvalue weighted by atomic mass is 16.6. The molecule has 0 spiro atoms. The number of ketones is 1. The van der Waals surface area contributed by atoms with Crippen LogP contribution in [0.5, 0.6) is 0 Å². The molecule has 1 saturated heterocycles. The van der Waals surface area contributed by atoms with Crippen LogP contribution in [0.1, 0.15) is 52.7 Å². The summed E-state index contributed by atoms with van der Waals surface area (Å²) in [5.74, 6) is -0.0347. The van der Waals surface area contributed by atoms with Crippen LogP contribution in [-0.4, -0.2) is 40.8 Å². The van der Waals surface area contributed by atoms with Crippen molar-refractivity contribution in [2.24, 2.45) is 5.41 Å². The lowest BCUT2D eigenvalue weighted by Gasteiger charge is -2.50. The summed E-state index contributed by atoms with van der Waals surface area (Å²) in [5.41, 5.74) is -0.251. The minimum Gasteiger partial charge on any atom is -0.444 e. The molecule has 1 heterocycles. The molecular formula is C26H31NO4. The van der Waals surface area contributed by atoms with Crippen molar-refractivity contribution in [3.63, 3.8) is 0 Å². The number of rotatable bonds is 2. The van der Waals surface area contributed by atoms with E-state index < -0.39 is 40.9 Å². The van der Waals surface area contributed by atoms with E-state index in [2.05, 4.69) is 0 Å². The Labute approximate surface area is 184 Å². The number of Topliss-reactive ketones (excluding diaryl/α,β-unsaturated/α-hetero) is 1. The lowest BCUT2D eigenvalue weighted by molar-refractivity contribution is -0.145. The topological polar surface area (TPSA) is 55.8 Å². The number of nitrogens with zero attached hydrogens (tertiary/aromatic N) is 1. The third-order valence-corrected chi connectivity index (χ3v) is 6.00. The molecular weight excluding hydrogens is 390 g/mol. The number of hydrogen-bond donors (Lipinski definition) is 0. The first-order valence-corrected chi connectivity index (χ1v) is 10.8. The number of benzene rings is 2. The molecule has 2 aliphatic rings. The molecule has 4 rings (SSSR count). The van der Waals surface area contributed by atoms with Gasteiger partial charge in [-0.05, 0) is 31.9 Å². The highest BCUT2D eigenvalue weighted by molar-refractivity contribution is 6.07. The predicted molar refractivity (Wildman–Crippen MR) is 119 cm³/mol. The Morgan fingerprint density at radius 1 is 0.903 bits per heavy atom. The van der Waals surface area contributed by atoms with Crippen LogP contribution >= 0.6 is 0 Å². The molecule has 3 atom stereocenters. The average Bonchev–Trinajstić information content (AvgIpc) is 3.06. The van der Waals surface area contributed by atoms with Crippen LogP contribution in [0.15, 0.2) is 60.7 Å². The summed E-state index contributed by atoms with van der Waals surface area (Å²) in [7, 11) is 0. The lowest BCUT2D eigenvalue weighted by atomic mass is 9.54. The molecule has 1 saturated carbocycles. The van der Waals surface area contributed by atoms with Crippen LogP contribution in [0.2, 0.25) is 0 Å². The zero-order valence-corrected chi connectivity index (χ0v) is 19.1. The minimum atomic E-state index is -0.951. The number of carbonyl (C=O) groups excluding carboxylic acids is 2. The van der Waals surface area contributed by atoms with Gasteiger partial charge in [-0.15, -0.1) is 0 Å². The van der Waals surface area contributed by atoms with Gasteiger partial charge in [0.05, 0.1) is 0 Å². The molecule has 2 fully saturated rings. The molecule has 0 radical (unpaired) electrons. The van der Waals surface area contributed by atoms with Crippen molar-refractivity contribution in [3.8, 4) is 0 Å². The molecule has 2 aromatic carbocycles. The largest absolute Gasteiger partial charge is 0.444 e. The molecule has 5 nitrogen and oxygen atoms in total. The Hall–Kier alpha value is -2.66. The molecule has 1 amide bonds. The van der Waals surface area contributed by atoms with Gasteiger partial charge in [-0.25, -0.2) is 4.79 Å². The highest BCUT2D eigenvalue weighted by Crippen LogP contribution is 2.55. The standard InChI is InChI=1S/C26H31NO4/c1-24(2,3)22-27(23(29)31-25(4,5)6)19-20(28)26(21(19)30-22,17-13-9-7-10-14-17)18-15-11-8-12-16-18/h7-16,19,21-22H,1-6H3/t19-,21-,22+/m0/s1. The minimum absolute atomic E-state index is 0.0347. The molecule has 1 aliphatic heterocycles. The summed E-state index contributed by atoms with van der Waals surface area (Å²) in [6.07, 6.45) is -1.57. The predicted octanol–water partition coefficient (Wildman–Crippen LogP) is 4.93. The Kier molecular flexibility index (Phi) is 5.01. The van der Waals surface area contributed by atoms with Crippen molar-refractivity contribution in [3.05, 3.63) is 71.8 Å². The Morgan fingerprint density at radius 3 is 1.81 bits per heavy atom. The molecule has 0 aromatic heterocycles. The van der Waals surface area contributed by atoms with Gasteiger partial charge in [0.2, 0.25) is 0 Å². The Balaban J connectivity index is 1.83. The zero-order valence-electron chi connectivity index (χ0n) is 19.1. The maximum absolute atomic E-state index is 14.0. The number of ether oxygens (including phenoxy) is 2. The molecule has 31 heavy (non-hydrogen) atoms. The third-order valence-electron chi connectivity index (χ3n) is 6.00. The average molecular weight is 422 g/mol. The van der Waals surface area contributed by atoms with Crippen LogP contribution in [-0.2, 0) is 19.7 Å². The number of amides is 1. The van der Waals surface area contributed by atoms with Gasteiger partial charge in [0, 0.05) is 5.41 Å². The Bertz CT molecular complexity index is 932. The van der Waals surface area contributed by atoms with Crippen molar-refractivity contribution >= 4 is 11.9 Å². The van der Waals surface area contributed by atoms with Crippen molar-refractivity contribution < 1.29 is 19.1 Å². The lowest BCUT2D eigenvalue weighted by Crippen LogP contribution is -2.71. The van der Waals surface area contributed by atoms with Gasteiger partial charge in [0.1, 0.15) is 29.4 Å².